The van der Waals surface area contributed by atoms with Crippen molar-refractivity contribution in [1.29, 1.82) is 5.26 Å². The van der Waals surface area contributed by atoms with E-state index in [1.54, 1.807) is 6.19 Å². The Hall–Kier alpha value is -2.02. The summed E-state index contributed by atoms with van der Waals surface area (Å²) in [5.41, 5.74) is 4.45. The lowest BCUT2D eigenvalue weighted by atomic mass is 10.2. The second-order valence-corrected chi connectivity index (χ2v) is 2.88. The van der Waals surface area contributed by atoms with Crippen molar-refractivity contribution in [1.82, 2.24) is 5.01 Å². The van der Waals surface area contributed by atoms with Crippen molar-refractivity contribution >= 4 is 11.6 Å². The predicted molar refractivity (Wildman–Crippen MR) is 52.9 cm³/mol. The van der Waals surface area contributed by atoms with Crippen LogP contribution in [0.15, 0.2) is 24.3 Å². The van der Waals surface area contributed by atoms with Crippen molar-refractivity contribution in [3.63, 3.8) is 0 Å². The molecule has 0 unspecified atom stereocenters. The molecule has 0 aliphatic heterocycles. The van der Waals surface area contributed by atoms with E-state index in [0.29, 0.717) is 0 Å². The molecule has 0 spiro atoms. The van der Waals surface area contributed by atoms with Gasteiger partial charge in [-0.1, -0.05) is 18.2 Å². The minimum Gasteiger partial charge on any atom is -0.282 e. The zero-order chi connectivity index (χ0) is 10.6. The topological polar surface area (TPSA) is 56.1 Å². The van der Waals surface area contributed by atoms with E-state index in [1.165, 1.54) is 6.92 Å². The van der Waals surface area contributed by atoms with Crippen LogP contribution >= 0.6 is 0 Å². The number of carbonyl (C=O) groups is 1. The van der Waals surface area contributed by atoms with Gasteiger partial charge in [0.25, 0.3) is 5.91 Å². The number of hydrogen-bond donors (Lipinski definition) is 1. The number of amides is 1. The molecule has 1 N–H and O–H groups in total. The lowest BCUT2D eigenvalue weighted by Gasteiger charge is -2.15. The number of carbonyl (C=O) groups excluding carboxylic acids is 1. The van der Waals surface area contributed by atoms with Crippen LogP contribution < -0.4 is 5.43 Å². The van der Waals surface area contributed by atoms with Crippen LogP contribution in [0.3, 0.4) is 0 Å². The van der Waals surface area contributed by atoms with Gasteiger partial charge in [0.1, 0.15) is 0 Å². The molecular formula is C10H11N3O. The molecule has 1 aromatic carbocycles. The molecule has 0 saturated heterocycles. The van der Waals surface area contributed by atoms with Crippen LogP contribution in [-0.2, 0) is 4.79 Å². The number of nitrogens with one attached hydrogen (secondary N) is 1. The molecule has 4 heteroatoms. The Balaban J connectivity index is 2.84. The molecule has 0 aliphatic rings. The van der Waals surface area contributed by atoms with Gasteiger partial charge in [0.05, 0.1) is 5.69 Å². The van der Waals surface area contributed by atoms with Crippen molar-refractivity contribution in [2.24, 2.45) is 0 Å². The minimum atomic E-state index is -0.337. The second-order valence-electron chi connectivity index (χ2n) is 2.88. The maximum absolute atomic E-state index is 10.9. The molecule has 14 heavy (non-hydrogen) atoms. The molecule has 1 rings (SSSR count). The summed E-state index contributed by atoms with van der Waals surface area (Å²) in [4.78, 5) is 10.9. The Kier molecular flexibility index (Phi) is 3.08. The maximum Gasteiger partial charge on any atom is 0.251 e. The quantitative estimate of drug-likeness (QED) is 0.437. The number of nitriles is 1. The summed E-state index contributed by atoms with van der Waals surface area (Å²) in [7, 11) is 0. The summed E-state index contributed by atoms with van der Waals surface area (Å²) in [6.07, 6.45) is 1.75. The monoisotopic (exact) mass is 189 g/mol. The zero-order valence-electron chi connectivity index (χ0n) is 8.11. The number of rotatable bonds is 2. The second kappa shape index (κ2) is 4.28. The van der Waals surface area contributed by atoms with Gasteiger partial charge in [-0.3, -0.25) is 10.2 Å². The Bertz CT molecular complexity index is 381. The van der Waals surface area contributed by atoms with E-state index in [1.807, 2.05) is 31.2 Å². The highest BCUT2D eigenvalue weighted by atomic mass is 16.2. The summed E-state index contributed by atoms with van der Waals surface area (Å²) >= 11 is 0. The molecule has 1 amide bonds. The van der Waals surface area contributed by atoms with Gasteiger partial charge in [0.15, 0.2) is 0 Å². The van der Waals surface area contributed by atoms with Gasteiger partial charge in [-0.05, 0) is 18.6 Å². The van der Waals surface area contributed by atoms with Gasteiger partial charge in [0.2, 0.25) is 6.19 Å². The van der Waals surface area contributed by atoms with E-state index in [4.69, 9.17) is 5.26 Å². The predicted octanol–water partition coefficient (Wildman–Crippen LogP) is 1.65. The summed E-state index contributed by atoms with van der Waals surface area (Å²) in [5.74, 6) is -0.337. The van der Waals surface area contributed by atoms with E-state index in [2.05, 4.69) is 5.43 Å². The third-order valence-electron chi connectivity index (χ3n) is 1.79. The van der Waals surface area contributed by atoms with E-state index in [0.717, 1.165) is 16.3 Å². The van der Waals surface area contributed by atoms with E-state index in [-0.39, 0.29) is 5.91 Å². The summed E-state index contributed by atoms with van der Waals surface area (Å²) in [6.45, 7) is 3.23. The van der Waals surface area contributed by atoms with Gasteiger partial charge in [-0.25, -0.2) is 0 Å². The molecule has 0 aromatic heterocycles. The van der Waals surface area contributed by atoms with Crippen molar-refractivity contribution in [3.8, 4) is 6.19 Å². The van der Waals surface area contributed by atoms with Crippen molar-refractivity contribution < 1.29 is 4.79 Å². The Morgan fingerprint density at radius 2 is 2.14 bits per heavy atom. The van der Waals surface area contributed by atoms with E-state index >= 15 is 0 Å². The van der Waals surface area contributed by atoms with Crippen LogP contribution in [0.25, 0.3) is 0 Å². The SMILES string of the molecule is CC(=O)N(C#N)Nc1ccccc1C. The fourth-order valence-corrected chi connectivity index (χ4v) is 0.993. The smallest absolute Gasteiger partial charge is 0.251 e. The van der Waals surface area contributed by atoms with Gasteiger partial charge in [0, 0.05) is 6.92 Å². The van der Waals surface area contributed by atoms with Crippen LogP contribution in [0.4, 0.5) is 5.69 Å². The fraction of sp³-hybridized carbons (Fsp3) is 0.200. The first-order chi connectivity index (χ1) is 6.65. The third-order valence-corrected chi connectivity index (χ3v) is 1.79. The van der Waals surface area contributed by atoms with Gasteiger partial charge >= 0.3 is 0 Å². The Labute approximate surface area is 82.7 Å². The normalized spacial score (nSPS) is 8.93. The lowest BCUT2D eigenvalue weighted by Crippen LogP contribution is -2.29. The highest BCUT2D eigenvalue weighted by molar-refractivity contribution is 5.76. The molecule has 72 valence electrons. The first kappa shape index (κ1) is 10.1. The van der Waals surface area contributed by atoms with Gasteiger partial charge in [-0.2, -0.15) is 10.3 Å². The number of aryl methyl sites for hydroxylation is 1. The average molecular weight is 189 g/mol. The number of para-hydroxylation sites is 1. The average Bonchev–Trinajstić information content (AvgIpc) is 2.16. The minimum absolute atomic E-state index is 0.337. The molecule has 0 fully saturated rings. The van der Waals surface area contributed by atoms with Crippen molar-refractivity contribution in [2.45, 2.75) is 13.8 Å². The summed E-state index contributed by atoms with van der Waals surface area (Å²) in [5, 5.41) is 9.53. The Morgan fingerprint density at radius 3 is 2.64 bits per heavy atom. The molecule has 0 radical (unpaired) electrons. The van der Waals surface area contributed by atoms with E-state index in [9.17, 15) is 4.79 Å². The first-order valence-electron chi connectivity index (χ1n) is 4.18. The molecule has 0 aliphatic carbocycles. The molecular weight excluding hydrogens is 178 g/mol. The van der Waals surface area contributed by atoms with Crippen LogP contribution in [0.1, 0.15) is 12.5 Å². The number of benzene rings is 1. The number of hydrogen-bond acceptors (Lipinski definition) is 3. The maximum atomic E-state index is 10.9. The highest BCUT2D eigenvalue weighted by Gasteiger charge is 2.07. The number of anilines is 1. The molecule has 0 saturated carbocycles. The summed E-state index contributed by atoms with van der Waals surface area (Å²) < 4.78 is 0. The standard InChI is InChI=1S/C10H11N3O/c1-8-5-3-4-6-10(8)12-13(7-11)9(2)14/h3-6,12H,1-2H3. The molecule has 0 heterocycles. The van der Waals surface area contributed by atoms with Crippen LogP contribution in [0, 0.1) is 18.4 Å². The van der Waals surface area contributed by atoms with Crippen LogP contribution in [0.5, 0.6) is 0 Å². The van der Waals surface area contributed by atoms with E-state index < -0.39 is 0 Å². The first-order valence-corrected chi connectivity index (χ1v) is 4.18. The number of nitrogens with zero attached hydrogens (tertiary/aromatic N) is 2. The fourth-order valence-electron chi connectivity index (χ4n) is 0.993. The molecule has 1 aromatic rings. The largest absolute Gasteiger partial charge is 0.282 e. The molecule has 4 nitrogen and oxygen atoms in total. The van der Waals surface area contributed by atoms with Gasteiger partial charge in [-0.15, -0.1) is 0 Å². The van der Waals surface area contributed by atoms with Crippen molar-refractivity contribution in [3.05, 3.63) is 29.8 Å². The Morgan fingerprint density at radius 1 is 1.50 bits per heavy atom. The third kappa shape index (κ3) is 2.23. The zero-order valence-corrected chi connectivity index (χ0v) is 8.11. The van der Waals surface area contributed by atoms with Crippen LogP contribution in [0.2, 0.25) is 0 Å². The molecule has 0 atom stereocenters. The number of hydrazine groups is 1. The molecule has 0 bridgehead atoms. The highest BCUT2D eigenvalue weighted by Crippen LogP contribution is 2.13. The lowest BCUT2D eigenvalue weighted by molar-refractivity contribution is -0.124. The van der Waals surface area contributed by atoms with Gasteiger partial charge < -0.3 is 0 Å². The van der Waals surface area contributed by atoms with Crippen LogP contribution in [-0.4, -0.2) is 10.9 Å². The summed E-state index contributed by atoms with van der Waals surface area (Å²) in [6, 6.07) is 7.44. The van der Waals surface area contributed by atoms with Crippen molar-refractivity contribution in [2.75, 3.05) is 5.43 Å².